The summed E-state index contributed by atoms with van der Waals surface area (Å²) in [5, 5.41) is 5.27. The molecule has 1 aliphatic heterocycles. The molecule has 1 aliphatic rings. The Labute approximate surface area is 304 Å². The van der Waals surface area contributed by atoms with Gasteiger partial charge in [0.05, 0.1) is 29.4 Å². The van der Waals surface area contributed by atoms with Gasteiger partial charge < -0.3 is 24.7 Å². The Bertz CT molecular complexity index is 2320. The summed E-state index contributed by atoms with van der Waals surface area (Å²) in [5.74, 6) is 1.10. The van der Waals surface area contributed by atoms with Crippen LogP contribution in [0.4, 0.5) is 17.5 Å². The molecule has 51 heavy (non-hydrogen) atoms. The Balaban J connectivity index is 1.20. The van der Waals surface area contributed by atoms with Gasteiger partial charge in [-0.25, -0.2) is 19.9 Å². The molecule has 1 fully saturated rings. The van der Waals surface area contributed by atoms with Crippen LogP contribution in [-0.2, 0) is 0 Å². The van der Waals surface area contributed by atoms with E-state index in [1.807, 2.05) is 97.3 Å². The number of fused-ring (bicyclic) bond motifs is 1. The lowest BCUT2D eigenvalue weighted by Gasteiger charge is -2.36. The number of halogens is 2. The summed E-state index contributed by atoms with van der Waals surface area (Å²) in [6.07, 6.45) is 7.09. The highest BCUT2D eigenvalue weighted by molar-refractivity contribution is 6.31. The minimum absolute atomic E-state index is 0.139. The lowest BCUT2D eigenvalue weighted by Crippen LogP contribution is -2.47. The standard InChI is InChI=1S/C39H33Cl2N9O/c1-25(26-10-12-28(40)13-11-26)50-24-45-34(27-7-3-2-4-8-27)36(50)33-30-15-14-29(41)23-32(30)46-35(33)38(51)47-31-9-5-16-42-37(31)48-19-21-49(22-20-48)39-43-17-6-18-44-39/h2-18,23-25,46H,19-22H2,1H3,(H,47,51). The highest BCUT2D eigenvalue weighted by atomic mass is 35.5. The maximum Gasteiger partial charge on any atom is 0.272 e. The summed E-state index contributed by atoms with van der Waals surface area (Å²) in [5.41, 5.74) is 5.98. The van der Waals surface area contributed by atoms with Gasteiger partial charge in [0.15, 0.2) is 5.82 Å². The number of hydrogen-bond donors (Lipinski definition) is 2. The summed E-state index contributed by atoms with van der Waals surface area (Å²) in [4.78, 5) is 40.8. The third-order valence-corrected chi connectivity index (χ3v) is 9.77. The number of aromatic amines is 1. The number of benzene rings is 3. The number of anilines is 3. The SMILES string of the molecule is CC(c1ccc(Cl)cc1)n1cnc(-c2ccccc2)c1-c1c(C(=O)Nc2cccnc2N2CCN(c3ncccn3)CC2)[nH]c2cc(Cl)ccc12. The van der Waals surface area contributed by atoms with Crippen LogP contribution in [0.2, 0.25) is 10.0 Å². The van der Waals surface area contributed by atoms with E-state index in [2.05, 4.69) is 41.6 Å². The van der Waals surface area contributed by atoms with Crippen molar-refractivity contribution in [2.45, 2.75) is 13.0 Å². The summed E-state index contributed by atoms with van der Waals surface area (Å²) >= 11 is 12.8. The first-order chi connectivity index (χ1) is 24.9. The van der Waals surface area contributed by atoms with E-state index in [1.165, 1.54) is 0 Å². The minimum atomic E-state index is -0.311. The first-order valence-electron chi connectivity index (χ1n) is 16.7. The highest BCUT2D eigenvalue weighted by Gasteiger charge is 2.29. The molecule has 254 valence electrons. The number of H-pyrrole nitrogens is 1. The molecule has 0 bridgehead atoms. The first-order valence-corrected chi connectivity index (χ1v) is 17.4. The van der Waals surface area contributed by atoms with Gasteiger partial charge >= 0.3 is 0 Å². The van der Waals surface area contributed by atoms with Crippen LogP contribution >= 0.6 is 23.2 Å². The molecule has 8 rings (SSSR count). The predicted octanol–water partition coefficient (Wildman–Crippen LogP) is 8.38. The number of hydrogen-bond acceptors (Lipinski definition) is 7. The molecule has 0 aliphatic carbocycles. The number of imidazole rings is 1. The molecule has 3 aromatic carbocycles. The van der Waals surface area contributed by atoms with Crippen LogP contribution in [0.3, 0.4) is 0 Å². The Morgan fingerprint density at radius 2 is 1.49 bits per heavy atom. The molecular formula is C39H33Cl2N9O. The Kier molecular flexibility index (Phi) is 8.85. The van der Waals surface area contributed by atoms with E-state index in [4.69, 9.17) is 33.2 Å². The van der Waals surface area contributed by atoms with E-state index in [9.17, 15) is 4.79 Å². The molecule has 12 heteroatoms. The summed E-state index contributed by atoms with van der Waals surface area (Å²) in [7, 11) is 0. The van der Waals surface area contributed by atoms with Crippen LogP contribution in [0.25, 0.3) is 33.4 Å². The highest BCUT2D eigenvalue weighted by Crippen LogP contribution is 2.41. The molecule has 0 saturated carbocycles. The van der Waals surface area contributed by atoms with E-state index in [-0.39, 0.29) is 11.9 Å². The largest absolute Gasteiger partial charge is 0.351 e. The van der Waals surface area contributed by atoms with Gasteiger partial charge in [-0.15, -0.1) is 0 Å². The molecule has 4 aromatic heterocycles. The Hall–Kier alpha value is -5.71. The number of piperazine rings is 1. The van der Waals surface area contributed by atoms with Crippen LogP contribution in [-0.4, -0.2) is 61.6 Å². The zero-order valence-corrected chi connectivity index (χ0v) is 29.2. The molecule has 1 unspecified atom stereocenters. The van der Waals surface area contributed by atoms with E-state index in [1.54, 1.807) is 18.6 Å². The predicted molar refractivity (Wildman–Crippen MR) is 204 cm³/mol. The van der Waals surface area contributed by atoms with Crippen molar-refractivity contribution in [1.29, 1.82) is 0 Å². The number of rotatable bonds is 8. The zero-order valence-electron chi connectivity index (χ0n) is 27.7. The molecule has 1 atom stereocenters. The van der Waals surface area contributed by atoms with Gasteiger partial charge in [-0.3, -0.25) is 4.79 Å². The van der Waals surface area contributed by atoms with Crippen molar-refractivity contribution in [3.8, 4) is 22.5 Å². The number of carbonyl (C=O) groups excluding carboxylic acids is 1. The Morgan fingerprint density at radius 1 is 0.784 bits per heavy atom. The molecule has 1 amide bonds. The smallest absolute Gasteiger partial charge is 0.272 e. The zero-order chi connectivity index (χ0) is 34.9. The molecule has 5 heterocycles. The second-order valence-corrected chi connectivity index (χ2v) is 13.2. The van der Waals surface area contributed by atoms with Gasteiger partial charge in [-0.1, -0.05) is 71.7 Å². The van der Waals surface area contributed by atoms with E-state index in [0.717, 1.165) is 52.1 Å². The van der Waals surface area contributed by atoms with E-state index >= 15 is 0 Å². The summed E-state index contributed by atoms with van der Waals surface area (Å²) < 4.78 is 2.12. The fraction of sp³-hybridized carbons (Fsp3) is 0.154. The van der Waals surface area contributed by atoms with Crippen LogP contribution in [0.15, 0.2) is 116 Å². The van der Waals surface area contributed by atoms with Crippen molar-refractivity contribution in [3.05, 3.63) is 137 Å². The average molecular weight is 715 g/mol. The minimum Gasteiger partial charge on any atom is -0.351 e. The van der Waals surface area contributed by atoms with Gasteiger partial charge in [0, 0.05) is 76.8 Å². The van der Waals surface area contributed by atoms with Crippen LogP contribution in [0.5, 0.6) is 0 Å². The molecule has 0 spiro atoms. The van der Waals surface area contributed by atoms with Gasteiger partial charge in [-0.2, -0.15) is 0 Å². The normalized spacial score (nSPS) is 13.8. The number of carbonyl (C=O) groups is 1. The van der Waals surface area contributed by atoms with Gasteiger partial charge in [0.1, 0.15) is 5.69 Å². The molecule has 10 nitrogen and oxygen atoms in total. The van der Waals surface area contributed by atoms with Crippen molar-refractivity contribution in [2.24, 2.45) is 0 Å². The topological polar surface area (TPSA) is 108 Å². The number of nitrogens with one attached hydrogen (secondary N) is 2. The van der Waals surface area contributed by atoms with Gasteiger partial charge in [0.2, 0.25) is 5.95 Å². The Morgan fingerprint density at radius 3 is 2.25 bits per heavy atom. The fourth-order valence-electron chi connectivity index (χ4n) is 6.70. The van der Waals surface area contributed by atoms with Crippen molar-refractivity contribution >= 4 is 57.5 Å². The van der Waals surface area contributed by atoms with Crippen molar-refractivity contribution in [1.82, 2.24) is 29.5 Å². The number of aromatic nitrogens is 6. The molecule has 1 saturated heterocycles. The lowest BCUT2D eigenvalue weighted by molar-refractivity contribution is 0.102. The molecule has 2 N–H and O–H groups in total. The van der Waals surface area contributed by atoms with Crippen LogP contribution < -0.4 is 15.1 Å². The third-order valence-electron chi connectivity index (χ3n) is 9.28. The van der Waals surface area contributed by atoms with Crippen molar-refractivity contribution < 1.29 is 4.79 Å². The lowest BCUT2D eigenvalue weighted by atomic mass is 9.99. The van der Waals surface area contributed by atoms with Gasteiger partial charge in [-0.05, 0) is 55.0 Å². The second kappa shape index (κ2) is 13.9. The van der Waals surface area contributed by atoms with Crippen molar-refractivity contribution in [2.75, 3.05) is 41.3 Å². The van der Waals surface area contributed by atoms with Crippen LogP contribution in [0.1, 0.15) is 29.0 Å². The summed E-state index contributed by atoms with van der Waals surface area (Å²) in [6.45, 7) is 4.94. The molecular weight excluding hydrogens is 681 g/mol. The van der Waals surface area contributed by atoms with Crippen LogP contribution in [0, 0.1) is 0 Å². The van der Waals surface area contributed by atoms with E-state index in [0.29, 0.717) is 46.3 Å². The molecule has 0 radical (unpaired) electrons. The molecule has 7 aromatic rings. The number of nitrogens with zero attached hydrogens (tertiary/aromatic N) is 7. The first kappa shape index (κ1) is 32.5. The van der Waals surface area contributed by atoms with Crippen molar-refractivity contribution in [3.63, 3.8) is 0 Å². The van der Waals surface area contributed by atoms with E-state index < -0.39 is 0 Å². The van der Waals surface area contributed by atoms with Gasteiger partial charge in [0.25, 0.3) is 5.91 Å². The quantitative estimate of drug-likeness (QED) is 0.163. The maximum atomic E-state index is 14.6. The maximum absolute atomic E-state index is 14.6. The third kappa shape index (κ3) is 6.40. The monoisotopic (exact) mass is 713 g/mol. The fourth-order valence-corrected chi connectivity index (χ4v) is 7.00. The summed E-state index contributed by atoms with van der Waals surface area (Å²) in [6, 6.07) is 28.8. The average Bonchev–Trinajstić information content (AvgIpc) is 3.77. The number of pyridine rings is 1. The number of amides is 1. The second-order valence-electron chi connectivity index (χ2n) is 12.4.